The van der Waals surface area contributed by atoms with Gasteiger partial charge in [0.25, 0.3) is 0 Å². The van der Waals surface area contributed by atoms with Crippen molar-refractivity contribution in [2.75, 3.05) is 0 Å². The molecule has 0 spiro atoms. The second kappa shape index (κ2) is 10.1. The summed E-state index contributed by atoms with van der Waals surface area (Å²) in [4.78, 5) is 0. The lowest BCUT2D eigenvalue weighted by Gasteiger charge is -2.13. The molecule has 44 heavy (non-hydrogen) atoms. The third kappa shape index (κ3) is 4.07. The van der Waals surface area contributed by atoms with E-state index in [2.05, 4.69) is 146 Å². The van der Waals surface area contributed by atoms with Crippen LogP contribution in [0.25, 0.3) is 86.6 Å². The summed E-state index contributed by atoms with van der Waals surface area (Å²) in [5.41, 5.74) is 11.5. The van der Waals surface area contributed by atoms with E-state index in [0.717, 1.165) is 21.9 Å². The van der Waals surface area contributed by atoms with Crippen molar-refractivity contribution in [3.63, 3.8) is 0 Å². The van der Waals surface area contributed by atoms with Gasteiger partial charge in [0, 0.05) is 30.9 Å². The molecule has 0 aliphatic rings. The standard InChI is InChI=1S/C42H26OS/c1-2-11-27(12-3-1)30-24-31(26-32(25-30)34-18-9-19-36-35-15-5-7-22-40(35)44-42(34)36)28-13-8-14-29(23-28)33-17-10-21-39-41(33)37-16-4-6-20-38(37)43-39/h1-26H. The Morgan fingerprint density at radius 1 is 0.364 bits per heavy atom. The molecule has 0 saturated carbocycles. The summed E-state index contributed by atoms with van der Waals surface area (Å²) in [6.45, 7) is 0. The molecule has 0 atom stereocenters. The van der Waals surface area contributed by atoms with Gasteiger partial charge in [-0.3, -0.25) is 0 Å². The molecule has 0 fully saturated rings. The zero-order valence-electron chi connectivity index (χ0n) is 23.8. The molecular formula is C42H26OS. The minimum atomic E-state index is 0.916. The largest absolute Gasteiger partial charge is 0.456 e. The first-order chi connectivity index (χ1) is 21.8. The van der Waals surface area contributed by atoms with Crippen LogP contribution in [0.4, 0.5) is 0 Å². The summed E-state index contributed by atoms with van der Waals surface area (Å²) in [6, 6.07) is 56.8. The van der Waals surface area contributed by atoms with Gasteiger partial charge in [-0.2, -0.15) is 0 Å². The molecule has 2 heteroatoms. The van der Waals surface area contributed by atoms with E-state index in [1.54, 1.807) is 0 Å². The first-order valence-corrected chi connectivity index (χ1v) is 15.7. The Hall–Kier alpha value is -5.44. The highest BCUT2D eigenvalue weighted by Gasteiger charge is 2.15. The summed E-state index contributed by atoms with van der Waals surface area (Å²) in [5, 5.41) is 4.95. The van der Waals surface area contributed by atoms with Crippen LogP contribution in [0.5, 0.6) is 0 Å². The first-order valence-electron chi connectivity index (χ1n) is 14.9. The summed E-state index contributed by atoms with van der Waals surface area (Å²) >= 11 is 1.88. The maximum absolute atomic E-state index is 6.22. The number of hydrogen-bond acceptors (Lipinski definition) is 2. The summed E-state index contributed by atoms with van der Waals surface area (Å²) in [7, 11) is 0. The van der Waals surface area contributed by atoms with Gasteiger partial charge < -0.3 is 4.42 Å². The number of para-hydroxylation sites is 1. The maximum atomic E-state index is 6.22. The number of rotatable bonds is 4. The van der Waals surface area contributed by atoms with Crippen LogP contribution < -0.4 is 0 Å². The number of furan rings is 1. The molecule has 0 aliphatic carbocycles. The highest BCUT2D eigenvalue weighted by molar-refractivity contribution is 7.26. The van der Waals surface area contributed by atoms with Crippen molar-refractivity contribution in [1.29, 1.82) is 0 Å². The van der Waals surface area contributed by atoms with Gasteiger partial charge in [-0.15, -0.1) is 11.3 Å². The smallest absolute Gasteiger partial charge is 0.136 e. The number of fused-ring (bicyclic) bond motifs is 6. The predicted octanol–water partition coefficient (Wildman–Crippen LogP) is 12.6. The third-order valence-electron chi connectivity index (χ3n) is 8.66. The normalized spacial score (nSPS) is 11.6. The second-order valence-corrected chi connectivity index (χ2v) is 12.4. The Morgan fingerprint density at radius 3 is 1.86 bits per heavy atom. The van der Waals surface area contributed by atoms with E-state index in [0.29, 0.717) is 0 Å². The van der Waals surface area contributed by atoms with E-state index in [4.69, 9.17) is 4.42 Å². The Balaban J connectivity index is 1.26. The van der Waals surface area contributed by atoms with Crippen molar-refractivity contribution in [1.82, 2.24) is 0 Å². The zero-order valence-corrected chi connectivity index (χ0v) is 24.6. The highest BCUT2D eigenvalue weighted by Crippen LogP contribution is 2.43. The quantitative estimate of drug-likeness (QED) is 0.202. The molecule has 0 amide bonds. The van der Waals surface area contributed by atoms with Gasteiger partial charge in [0.05, 0.1) is 0 Å². The molecule has 0 saturated heterocycles. The Kier molecular flexibility index (Phi) is 5.75. The van der Waals surface area contributed by atoms with Crippen LogP contribution in [-0.4, -0.2) is 0 Å². The predicted molar refractivity (Wildman–Crippen MR) is 188 cm³/mol. The van der Waals surface area contributed by atoms with Gasteiger partial charge in [0.15, 0.2) is 0 Å². The first kappa shape index (κ1) is 25.1. The summed E-state index contributed by atoms with van der Waals surface area (Å²) in [5.74, 6) is 0. The van der Waals surface area contributed by atoms with Crippen LogP contribution in [0.1, 0.15) is 0 Å². The number of hydrogen-bond donors (Lipinski definition) is 0. The van der Waals surface area contributed by atoms with Crippen molar-refractivity contribution in [2.45, 2.75) is 0 Å². The lowest BCUT2D eigenvalue weighted by atomic mass is 9.91. The molecule has 1 nitrogen and oxygen atoms in total. The van der Waals surface area contributed by atoms with Crippen molar-refractivity contribution in [3.8, 4) is 44.5 Å². The van der Waals surface area contributed by atoms with Crippen LogP contribution in [0.2, 0.25) is 0 Å². The third-order valence-corrected chi connectivity index (χ3v) is 9.88. The Bertz CT molecular complexity index is 2500. The van der Waals surface area contributed by atoms with E-state index >= 15 is 0 Å². The molecule has 9 rings (SSSR count). The molecule has 0 aliphatic heterocycles. The van der Waals surface area contributed by atoms with E-state index in [9.17, 15) is 0 Å². The van der Waals surface area contributed by atoms with Crippen LogP contribution in [0, 0.1) is 0 Å². The lowest BCUT2D eigenvalue weighted by Crippen LogP contribution is -1.87. The van der Waals surface area contributed by atoms with E-state index in [-0.39, 0.29) is 0 Å². The van der Waals surface area contributed by atoms with Gasteiger partial charge in [0.1, 0.15) is 11.2 Å². The summed E-state index contributed by atoms with van der Waals surface area (Å²) in [6.07, 6.45) is 0. The fourth-order valence-electron chi connectivity index (χ4n) is 6.60. The van der Waals surface area contributed by atoms with Crippen molar-refractivity contribution < 1.29 is 4.42 Å². The van der Waals surface area contributed by atoms with Gasteiger partial charge in [0.2, 0.25) is 0 Å². The van der Waals surface area contributed by atoms with Crippen LogP contribution in [0.3, 0.4) is 0 Å². The Labute approximate surface area is 259 Å². The van der Waals surface area contributed by atoms with Gasteiger partial charge in [-0.1, -0.05) is 115 Å². The topological polar surface area (TPSA) is 13.1 Å². The molecule has 0 N–H and O–H groups in total. The van der Waals surface area contributed by atoms with E-state index < -0.39 is 0 Å². The Morgan fingerprint density at radius 2 is 0.955 bits per heavy atom. The maximum Gasteiger partial charge on any atom is 0.136 e. The summed E-state index contributed by atoms with van der Waals surface area (Å²) < 4.78 is 8.87. The molecule has 206 valence electrons. The van der Waals surface area contributed by atoms with Crippen molar-refractivity contribution in [3.05, 3.63) is 158 Å². The van der Waals surface area contributed by atoms with E-state index in [1.807, 2.05) is 23.5 Å². The fourth-order valence-corrected chi connectivity index (χ4v) is 7.84. The van der Waals surface area contributed by atoms with E-state index in [1.165, 1.54) is 64.7 Å². The average molecular weight is 579 g/mol. The minimum Gasteiger partial charge on any atom is -0.456 e. The van der Waals surface area contributed by atoms with Gasteiger partial charge in [-0.05, 0) is 87.0 Å². The number of thiophene rings is 1. The number of benzene rings is 7. The van der Waals surface area contributed by atoms with Gasteiger partial charge >= 0.3 is 0 Å². The SMILES string of the molecule is c1ccc(-c2cc(-c3cccc(-c4cccc5oc6ccccc6c45)c3)cc(-c3cccc4c3sc3ccccc34)c2)cc1. The molecule has 2 aromatic heterocycles. The van der Waals surface area contributed by atoms with Gasteiger partial charge in [-0.25, -0.2) is 0 Å². The fraction of sp³-hybridized carbons (Fsp3) is 0. The minimum absolute atomic E-state index is 0.916. The highest BCUT2D eigenvalue weighted by atomic mass is 32.1. The van der Waals surface area contributed by atoms with Crippen LogP contribution in [0.15, 0.2) is 162 Å². The molecule has 9 aromatic rings. The molecule has 0 unspecified atom stereocenters. The average Bonchev–Trinajstić information content (AvgIpc) is 3.67. The van der Waals surface area contributed by atoms with Crippen LogP contribution in [-0.2, 0) is 0 Å². The molecule has 0 bridgehead atoms. The monoisotopic (exact) mass is 578 g/mol. The second-order valence-electron chi connectivity index (χ2n) is 11.3. The van der Waals surface area contributed by atoms with Crippen molar-refractivity contribution in [2.24, 2.45) is 0 Å². The van der Waals surface area contributed by atoms with Crippen LogP contribution >= 0.6 is 11.3 Å². The molecule has 0 radical (unpaired) electrons. The zero-order chi connectivity index (χ0) is 29.0. The molecular weight excluding hydrogens is 553 g/mol. The molecule has 2 heterocycles. The lowest BCUT2D eigenvalue weighted by molar-refractivity contribution is 0.669. The van der Waals surface area contributed by atoms with Crippen molar-refractivity contribution >= 4 is 53.4 Å². The molecule has 7 aromatic carbocycles.